The number of nitrogens with two attached hydrogens (primary N) is 1. The molecule has 14 heavy (non-hydrogen) atoms. The Morgan fingerprint density at radius 2 is 2.00 bits per heavy atom. The fourth-order valence-electron chi connectivity index (χ4n) is 1.62. The standard InChI is InChI=1S/C11H21NO2/c1-10(2,3)14-9(13)5-8-11(12)6-4-7-11/h4-8,12H2,1-3H3. The highest BCUT2D eigenvalue weighted by molar-refractivity contribution is 5.70. The highest BCUT2D eigenvalue weighted by Gasteiger charge is 2.33. The summed E-state index contributed by atoms with van der Waals surface area (Å²) >= 11 is 0. The summed E-state index contributed by atoms with van der Waals surface area (Å²) in [6.07, 6.45) is 4.52. The van der Waals surface area contributed by atoms with Gasteiger partial charge in [0.25, 0.3) is 0 Å². The molecule has 0 aromatic carbocycles. The van der Waals surface area contributed by atoms with Gasteiger partial charge < -0.3 is 10.5 Å². The molecule has 1 rings (SSSR count). The molecule has 0 amide bonds. The van der Waals surface area contributed by atoms with Crippen LogP contribution < -0.4 is 5.73 Å². The van der Waals surface area contributed by atoms with E-state index in [0.29, 0.717) is 6.42 Å². The van der Waals surface area contributed by atoms with E-state index >= 15 is 0 Å². The summed E-state index contributed by atoms with van der Waals surface area (Å²) in [5.74, 6) is -0.130. The second-order valence-electron chi connectivity index (χ2n) is 5.30. The summed E-state index contributed by atoms with van der Waals surface area (Å²) in [6, 6.07) is 0. The number of hydrogen-bond acceptors (Lipinski definition) is 3. The van der Waals surface area contributed by atoms with Crippen LogP contribution in [0.1, 0.15) is 52.9 Å². The van der Waals surface area contributed by atoms with Gasteiger partial charge in [0.1, 0.15) is 5.60 Å². The lowest BCUT2D eigenvalue weighted by Gasteiger charge is -2.38. The van der Waals surface area contributed by atoms with E-state index in [-0.39, 0.29) is 17.1 Å². The molecule has 1 saturated carbocycles. The Kier molecular flexibility index (Phi) is 3.20. The molecule has 1 aliphatic carbocycles. The lowest BCUT2D eigenvalue weighted by atomic mass is 9.75. The van der Waals surface area contributed by atoms with Gasteiger partial charge in [-0.25, -0.2) is 0 Å². The van der Waals surface area contributed by atoms with Crippen LogP contribution in [0.15, 0.2) is 0 Å². The summed E-state index contributed by atoms with van der Waals surface area (Å²) in [6.45, 7) is 5.64. The van der Waals surface area contributed by atoms with Crippen molar-refractivity contribution in [2.24, 2.45) is 5.73 Å². The lowest BCUT2D eigenvalue weighted by Crippen LogP contribution is -2.46. The Bertz CT molecular complexity index is 214. The number of carbonyl (C=O) groups is 1. The van der Waals surface area contributed by atoms with E-state index in [9.17, 15) is 4.79 Å². The van der Waals surface area contributed by atoms with E-state index in [4.69, 9.17) is 10.5 Å². The van der Waals surface area contributed by atoms with Crippen LogP contribution in [0.25, 0.3) is 0 Å². The van der Waals surface area contributed by atoms with E-state index in [1.807, 2.05) is 20.8 Å². The molecule has 3 nitrogen and oxygen atoms in total. The van der Waals surface area contributed by atoms with Crippen molar-refractivity contribution in [1.82, 2.24) is 0 Å². The van der Waals surface area contributed by atoms with Gasteiger partial charge in [-0.05, 0) is 46.5 Å². The van der Waals surface area contributed by atoms with Crippen molar-refractivity contribution < 1.29 is 9.53 Å². The van der Waals surface area contributed by atoms with Crippen molar-refractivity contribution in [1.29, 1.82) is 0 Å². The predicted octanol–water partition coefficient (Wildman–Crippen LogP) is 1.99. The third kappa shape index (κ3) is 3.66. The Labute approximate surface area is 86.0 Å². The molecule has 0 aliphatic heterocycles. The zero-order chi connectivity index (χ0) is 10.8. The Balaban J connectivity index is 2.21. The fourth-order valence-corrected chi connectivity index (χ4v) is 1.62. The minimum Gasteiger partial charge on any atom is -0.460 e. The Morgan fingerprint density at radius 3 is 2.36 bits per heavy atom. The van der Waals surface area contributed by atoms with Crippen molar-refractivity contribution in [3.05, 3.63) is 0 Å². The molecule has 0 spiro atoms. The summed E-state index contributed by atoms with van der Waals surface area (Å²) in [5, 5.41) is 0. The van der Waals surface area contributed by atoms with Crippen LogP contribution in [0, 0.1) is 0 Å². The molecule has 0 aromatic rings. The molecule has 3 heteroatoms. The van der Waals surface area contributed by atoms with Gasteiger partial charge in [-0.15, -0.1) is 0 Å². The number of rotatable bonds is 3. The van der Waals surface area contributed by atoms with Crippen LogP contribution in [0.5, 0.6) is 0 Å². The van der Waals surface area contributed by atoms with Gasteiger partial charge in [0.2, 0.25) is 0 Å². The van der Waals surface area contributed by atoms with Gasteiger partial charge in [0.15, 0.2) is 0 Å². The van der Waals surface area contributed by atoms with Gasteiger partial charge in [-0.2, -0.15) is 0 Å². The Hall–Kier alpha value is -0.570. The molecule has 1 fully saturated rings. The predicted molar refractivity (Wildman–Crippen MR) is 55.8 cm³/mol. The third-order valence-electron chi connectivity index (χ3n) is 2.60. The average molecular weight is 199 g/mol. The van der Waals surface area contributed by atoms with E-state index in [2.05, 4.69) is 0 Å². The number of carbonyl (C=O) groups excluding carboxylic acids is 1. The first-order valence-corrected chi connectivity index (χ1v) is 5.32. The minimum absolute atomic E-state index is 0.0725. The van der Waals surface area contributed by atoms with Gasteiger partial charge in [0.05, 0.1) is 0 Å². The summed E-state index contributed by atoms with van der Waals surface area (Å²) in [4.78, 5) is 11.4. The van der Waals surface area contributed by atoms with Crippen LogP contribution in [0.2, 0.25) is 0 Å². The third-order valence-corrected chi connectivity index (χ3v) is 2.60. The number of hydrogen-bond donors (Lipinski definition) is 1. The molecule has 0 atom stereocenters. The monoisotopic (exact) mass is 199 g/mol. The Morgan fingerprint density at radius 1 is 1.43 bits per heavy atom. The molecule has 1 aliphatic rings. The average Bonchev–Trinajstić information content (AvgIpc) is 1.94. The van der Waals surface area contributed by atoms with Crippen LogP contribution in [-0.4, -0.2) is 17.1 Å². The van der Waals surface area contributed by atoms with E-state index in [1.54, 1.807) is 0 Å². The maximum atomic E-state index is 11.4. The second kappa shape index (κ2) is 3.89. The smallest absolute Gasteiger partial charge is 0.306 e. The van der Waals surface area contributed by atoms with Gasteiger partial charge >= 0.3 is 5.97 Å². The van der Waals surface area contributed by atoms with Crippen molar-refractivity contribution in [3.63, 3.8) is 0 Å². The molecular weight excluding hydrogens is 178 g/mol. The maximum Gasteiger partial charge on any atom is 0.306 e. The lowest BCUT2D eigenvalue weighted by molar-refractivity contribution is -0.155. The molecule has 82 valence electrons. The quantitative estimate of drug-likeness (QED) is 0.707. The summed E-state index contributed by atoms with van der Waals surface area (Å²) in [7, 11) is 0. The van der Waals surface area contributed by atoms with Gasteiger partial charge in [-0.3, -0.25) is 4.79 Å². The molecule has 0 aromatic heterocycles. The van der Waals surface area contributed by atoms with Crippen molar-refractivity contribution in [2.75, 3.05) is 0 Å². The molecule has 0 heterocycles. The first kappa shape index (κ1) is 11.5. The molecule has 0 radical (unpaired) electrons. The summed E-state index contributed by atoms with van der Waals surface area (Å²) < 4.78 is 5.21. The summed E-state index contributed by atoms with van der Waals surface area (Å²) in [5.41, 5.74) is 5.56. The molecular formula is C11H21NO2. The first-order valence-electron chi connectivity index (χ1n) is 5.32. The van der Waals surface area contributed by atoms with E-state index in [1.165, 1.54) is 6.42 Å². The zero-order valence-corrected chi connectivity index (χ0v) is 9.43. The molecule has 0 unspecified atom stereocenters. The fraction of sp³-hybridized carbons (Fsp3) is 0.909. The second-order valence-corrected chi connectivity index (χ2v) is 5.30. The van der Waals surface area contributed by atoms with E-state index < -0.39 is 0 Å². The molecule has 0 bridgehead atoms. The first-order chi connectivity index (χ1) is 6.31. The molecule has 0 saturated heterocycles. The topological polar surface area (TPSA) is 52.3 Å². The van der Waals surface area contributed by atoms with Crippen LogP contribution in [-0.2, 0) is 9.53 Å². The zero-order valence-electron chi connectivity index (χ0n) is 9.43. The number of esters is 1. The van der Waals surface area contributed by atoms with Crippen molar-refractivity contribution >= 4 is 5.97 Å². The van der Waals surface area contributed by atoms with Gasteiger partial charge in [-0.1, -0.05) is 0 Å². The van der Waals surface area contributed by atoms with Crippen LogP contribution >= 0.6 is 0 Å². The SMILES string of the molecule is CC(C)(C)OC(=O)CCC1(N)CCC1. The van der Waals surface area contributed by atoms with E-state index in [0.717, 1.165) is 19.3 Å². The molecule has 2 N–H and O–H groups in total. The highest BCUT2D eigenvalue weighted by Crippen LogP contribution is 2.33. The van der Waals surface area contributed by atoms with Gasteiger partial charge in [0, 0.05) is 12.0 Å². The van der Waals surface area contributed by atoms with Crippen LogP contribution in [0.3, 0.4) is 0 Å². The van der Waals surface area contributed by atoms with Crippen molar-refractivity contribution in [2.45, 2.75) is 64.0 Å². The van der Waals surface area contributed by atoms with Crippen molar-refractivity contribution in [3.8, 4) is 0 Å². The highest BCUT2D eigenvalue weighted by atomic mass is 16.6. The minimum atomic E-state index is -0.377. The maximum absolute atomic E-state index is 11.4. The normalized spacial score (nSPS) is 20.0. The van der Waals surface area contributed by atoms with Crippen LogP contribution in [0.4, 0.5) is 0 Å². The number of ether oxygens (including phenoxy) is 1. The largest absolute Gasteiger partial charge is 0.460 e.